The number of carbonyl (C=O) groups is 1. The highest BCUT2D eigenvalue weighted by Gasteiger charge is 2.84. The van der Waals surface area contributed by atoms with Crippen LogP contribution >= 0.6 is 0 Å². The summed E-state index contributed by atoms with van der Waals surface area (Å²) < 4.78 is 150. The number of amides is 1. The molecule has 0 rings (SSSR count). The van der Waals surface area contributed by atoms with E-state index in [1.165, 1.54) is 0 Å². The Bertz CT molecular complexity index is 424. The molecule has 1 N–H and O–H groups in total. The lowest BCUT2D eigenvalue weighted by molar-refractivity contribution is -0.468. The topological polar surface area (TPSA) is 32.3 Å². The Hall–Kier alpha value is -1.41. The van der Waals surface area contributed by atoms with Gasteiger partial charge < -0.3 is 5.32 Å². The Morgan fingerprint density at radius 3 is 1.39 bits per heavy atom. The van der Waals surface area contributed by atoms with Crippen molar-refractivity contribution < 1.29 is 57.5 Å². The molecule has 138 valence electrons. The normalized spacial score (nSPS) is 17.1. The standard InChI is InChI=1S/C8H6F12N2O/c1-2-21-3(23)4(9,5(10,11)12)6(13,14)22(7(15,16)17)8(18,19)20/h2H2,1H3,(H,21,23). The Labute approximate surface area is 119 Å². The molecule has 0 heterocycles. The molecule has 0 bridgehead atoms. The molecule has 1 amide bonds. The molecule has 0 aliphatic heterocycles. The third-order valence-electron chi connectivity index (χ3n) is 2.24. The molecule has 15 heteroatoms. The second-order valence-corrected chi connectivity index (χ2v) is 3.83. The van der Waals surface area contributed by atoms with Gasteiger partial charge in [0, 0.05) is 6.54 Å². The maximum Gasteiger partial charge on any atom is 0.472 e. The molecule has 0 aliphatic rings. The molecular weight excluding hydrogens is 368 g/mol. The van der Waals surface area contributed by atoms with Crippen LogP contribution in [0.5, 0.6) is 0 Å². The lowest BCUT2D eigenvalue weighted by atomic mass is 10.00. The van der Waals surface area contributed by atoms with Crippen LogP contribution in [0.3, 0.4) is 0 Å². The van der Waals surface area contributed by atoms with Gasteiger partial charge in [0.15, 0.2) is 0 Å². The van der Waals surface area contributed by atoms with E-state index in [-0.39, 0.29) is 0 Å². The summed E-state index contributed by atoms with van der Waals surface area (Å²) in [6, 6.07) is -7.37. The van der Waals surface area contributed by atoms with Crippen LogP contribution in [0.1, 0.15) is 6.92 Å². The van der Waals surface area contributed by atoms with Gasteiger partial charge in [-0.3, -0.25) is 4.79 Å². The Balaban J connectivity index is 6.49. The number of carbonyl (C=O) groups excluding carboxylic acids is 1. The zero-order valence-corrected chi connectivity index (χ0v) is 10.6. The minimum absolute atomic E-state index is 0.762. The molecule has 0 fully saturated rings. The predicted octanol–water partition coefficient (Wildman–Crippen LogP) is 3.33. The highest BCUT2D eigenvalue weighted by atomic mass is 19.4. The van der Waals surface area contributed by atoms with Gasteiger partial charge in [-0.15, -0.1) is 0 Å². The first-order chi connectivity index (χ1) is 9.85. The SMILES string of the molecule is CCNC(=O)C(F)(C(F)(F)F)C(F)(F)N(C(F)(F)F)C(F)(F)F. The highest BCUT2D eigenvalue weighted by Crippen LogP contribution is 2.53. The highest BCUT2D eigenvalue weighted by molar-refractivity contribution is 5.87. The first-order valence-corrected chi connectivity index (χ1v) is 5.20. The van der Waals surface area contributed by atoms with Crippen molar-refractivity contribution in [2.75, 3.05) is 6.54 Å². The molecule has 23 heavy (non-hydrogen) atoms. The fourth-order valence-corrected chi connectivity index (χ4v) is 1.33. The van der Waals surface area contributed by atoms with Crippen LogP contribution in [-0.4, -0.2) is 47.8 Å². The second-order valence-electron chi connectivity index (χ2n) is 3.83. The van der Waals surface area contributed by atoms with Gasteiger partial charge in [-0.1, -0.05) is 4.90 Å². The van der Waals surface area contributed by atoms with E-state index >= 15 is 0 Å². The number of nitrogens with one attached hydrogen (secondary N) is 1. The minimum atomic E-state index is -7.37. The van der Waals surface area contributed by atoms with Crippen molar-refractivity contribution in [1.29, 1.82) is 0 Å². The van der Waals surface area contributed by atoms with Crippen LogP contribution in [0, 0.1) is 0 Å². The van der Waals surface area contributed by atoms with Gasteiger partial charge in [0.05, 0.1) is 0 Å². The number of hydrogen-bond donors (Lipinski definition) is 1. The maximum atomic E-state index is 13.6. The molecule has 0 aromatic carbocycles. The number of nitrogens with zero attached hydrogens (tertiary/aromatic N) is 1. The molecule has 0 aromatic heterocycles. The molecule has 0 aromatic rings. The molecular formula is C8H6F12N2O. The van der Waals surface area contributed by atoms with Crippen LogP contribution in [0.4, 0.5) is 52.7 Å². The van der Waals surface area contributed by atoms with E-state index in [9.17, 15) is 57.5 Å². The molecule has 0 aliphatic carbocycles. The average molecular weight is 374 g/mol. The molecule has 0 radical (unpaired) electrons. The van der Waals surface area contributed by atoms with Crippen LogP contribution in [0.25, 0.3) is 0 Å². The van der Waals surface area contributed by atoms with Gasteiger partial charge in [0.1, 0.15) is 0 Å². The van der Waals surface area contributed by atoms with Crippen molar-refractivity contribution in [3.63, 3.8) is 0 Å². The van der Waals surface area contributed by atoms with Crippen molar-refractivity contribution >= 4 is 5.91 Å². The van der Waals surface area contributed by atoms with Crippen molar-refractivity contribution in [1.82, 2.24) is 10.2 Å². The first kappa shape index (κ1) is 21.6. The van der Waals surface area contributed by atoms with Crippen molar-refractivity contribution in [2.45, 2.75) is 37.4 Å². The van der Waals surface area contributed by atoms with Gasteiger partial charge in [-0.2, -0.15) is 48.3 Å². The van der Waals surface area contributed by atoms with Crippen LogP contribution in [-0.2, 0) is 4.79 Å². The van der Waals surface area contributed by atoms with Gasteiger partial charge >= 0.3 is 30.5 Å². The van der Waals surface area contributed by atoms with Gasteiger partial charge in [0.2, 0.25) is 0 Å². The van der Waals surface area contributed by atoms with E-state index in [2.05, 4.69) is 0 Å². The zero-order chi connectivity index (χ0) is 19.1. The first-order valence-electron chi connectivity index (χ1n) is 5.20. The molecule has 3 nitrogen and oxygen atoms in total. The fraction of sp³-hybridized carbons (Fsp3) is 0.875. The van der Waals surface area contributed by atoms with E-state index in [0.717, 1.165) is 12.2 Å². The van der Waals surface area contributed by atoms with Crippen LogP contribution in [0.2, 0.25) is 0 Å². The summed E-state index contributed by atoms with van der Waals surface area (Å²) in [5, 5.41) is 0.781. The lowest BCUT2D eigenvalue weighted by Gasteiger charge is -2.40. The third-order valence-corrected chi connectivity index (χ3v) is 2.24. The monoisotopic (exact) mass is 374 g/mol. The van der Waals surface area contributed by atoms with Crippen molar-refractivity contribution in [3.8, 4) is 0 Å². The Morgan fingerprint density at radius 1 is 0.826 bits per heavy atom. The van der Waals surface area contributed by atoms with Crippen molar-refractivity contribution in [3.05, 3.63) is 0 Å². The smallest absolute Gasteiger partial charge is 0.353 e. The zero-order valence-electron chi connectivity index (χ0n) is 10.6. The van der Waals surface area contributed by atoms with Crippen LogP contribution < -0.4 is 5.32 Å². The number of halogens is 12. The van der Waals surface area contributed by atoms with Gasteiger partial charge in [0.25, 0.3) is 5.91 Å². The lowest BCUT2D eigenvalue weighted by Crippen LogP contribution is -2.74. The van der Waals surface area contributed by atoms with Crippen LogP contribution in [0.15, 0.2) is 0 Å². The van der Waals surface area contributed by atoms with E-state index < -0.39 is 47.8 Å². The number of alkyl halides is 12. The molecule has 0 saturated carbocycles. The number of rotatable bonds is 4. The summed E-state index contributed by atoms with van der Waals surface area (Å²) in [7, 11) is 0. The Morgan fingerprint density at radius 2 is 1.17 bits per heavy atom. The maximum absolute atomic E-state index is 13.6. The van der Waals surface area contributed by atoms with E-state index in [0.29, 0.717) is 0 Å². The van der Waals surface area contributed by atoms with Gasteiger partial charge in [-0.05, 0) is 6.92 Å². The number of hydrogen-bond acceptors (Lipinski definition) is 2. The van der Waals surface area contributed by atoms with Gasteiger partial charge in [-0.25, -0.2) is 4.39 Å². The van der Waals surface area contributed by atoms with E-state index in [1.807, 2.05) is 0 Å². The molecule has 0 saturated heterocycles. The average Bonchev–Trinajstić information content (AvgIpc) is 2.20. The predicted molar refractivity (Wildman–Crippen MR) is 47.5 cm³/mol. The molecule has 0 spiro atoms. The summed E-state index contributed by atoms with van der Waals surface area (Å²) in [5.41, 5.74) is -6.82. The quantitative estimate of drug-likeness (QED) is 0.605. The Kier molecular flexibility index (Phi) is 5.54. The van der Waals surface area contributed by atoms with E-state index in [4.69, 9.17) is 0 Å². The summed E-state index contributed by atoms with van der Waals surface area (Å²) >= 11 is 0. The van der Waals surface area contributed by atoms with Crippen molar-refractivity contribution in [2.24, 2.45) is 0 Å². The third kappa shape index (κ3) is 3.74. The summed E-state index contributed by atoms with van der Waals surface area (Å²) in [4.78, 5) is 6.95. The molecule has 1 unspecified atom stereocenters. The largest absolute Gasteiger partial charge is 0.472 e. The second kappa shape index (κ2) is 5.90. The summed E-state index contributed by atoms with van der Waals surface area (Å²) in [6.07, 6.45) is -21.4. The summed E-state index contributed by atoms with van der Waals surface area (Å²) in [5.74, 6) is -3.41. The molecule has 1 atom stereocenters. The fourth-order valence-electron chi connectivity index (χ4n) is 1.33. The van der Waals surface area contributed by atoms with E-state index in [1.54, 1.807) is 0 Å². The summed E-state index contributed by atoms with van der Waals surface area (Å²) in [6.45, 7) is -0.215. The minimum Gasteiger partial charge on any atom is -0.353 e.